The summed E-state index contributed by atoms with van der Waals surface area (Å²) >= 11 is 0. The lowest BCUT2D eigenvalue weighted by Gasteiger charge is -2.37. The molecule has 0 spiro atoms. The lowest BCUT2D eigenvalue weighted by molar-refractivity contribution is -0.139. The Kier molecular flexibility index (Phi) is 3.99. The van der Waals surface area contributed by atoms with Crippen LogP contribution in [-0.2, 0) is 19.1 Å². The van der Waals surface area contributed by atoms with Crippen LogP contribution in [0.1, 0.15) is 45.3 Å². The molecule has 0 bridgehead atoms. The summed E-state index contributed by atoms with van der Waals surface area (Å²) in [6.07, 6.45) is 2.45. The van der Waals surface area contributed by atoms with Gasteiger partial charge in [-0.15, -0.1) is 0 Å². The van der Waals surface area contributed by atoms with Gasteiger partial charge >= 0.3 is 5.97 Å². The predicted molar refractivity (Wildman–Crippen MR) is 85.4 cm³/mol. The number of ether oxygens (including phenoxy) is 2. The smallest absolute Gasteiger partial charge is 0.340 e. The van der Waals surface area contributed by atoms with Crippen LogP contribution in [0.2, 0.25) is 0 Å². The molecular weight excluding hydrogens is 310 g/mol. The van der Waals surface area contributed by atoms with Gasteiger partial charge < -0.3 is 19.6 Å². The Morgan fingerprint density at radius 2 is 2.17 bits per heavy atom. The molecule has 6 heteroatoms. The Bertz CT molecular complexity index is 739. The first kappa shape index (κ1) is 16.4. The Morgan fingerprint density at radius 1 is 1.42 bits per heavy atom. The quantitative estimate of drug-likeness (QED) is 0.856. The molecule has 6 nitrogen and oxygen atoms in total. The zero-order valence-electron chi connectivity index (χ0n) is 14.0. The van der Waals surface area contributed by atoms with Crippen LogP contribution in [0, 0.1) is 5.41 Å². The van der Waals surface area contributed by atoms with Crippen molar-refractivity contribution in [3.63, 3.8) is 0 Å². The van der Waals surface area contributed by atoms with E-state index >= 15 is 0 Å². The number of esters is 1. The highest BCUT2D eigenvalue weighted by molar-refractivity contribution is 6.03. The Labute approximate surface area is 140 Å². The van der Waals surface area contributed by atoms with Crippen molar-refractivity contribution in [1.82, 2.24) is 0 Å². The van der Waals surface area contributed by atoms with Gasteiger partial charge in [0, 0.05) is 18.4 Å². The van der Waals surface area contributed by atoms with Crippen molar-refractivity contribution in [2.75, 3.05) is 6.61 Å². The summed E-state index contributed by atoms with van der Waals surface area (Å²) in [5.41, 5.74) is 6.37. The van der Waals surface area contributed by atoms with E-state index in [2.05, 4.69) is 0 Å². The third kappa shape index (κ3) is 2.72. The van der Waals surface area contributed by atoms with E-state index in [0.29, 0.717) is 29.9 Å². The first-order chi connectivity index (χ1) is 11.3. The van der Waals surface area contributed by atoms with Gasteiger partial charge in [0.15, 0.2) is 5.78 Å². The molecule has 2 N–H and O–H groups in total. The van der Waals surface area contributed by atoms with Crippen LogP contribution in [0.15, 0.2) is 45.6 Å². The molecule has 2 aliphatic rings. The summed E-state index contributed by atoms with van der Waals surface area (Å²) in [6.45, 7) is 5.91. The van der Waals surface area contributed by atoms with Crippen molar-refractivity contribution in [3.05, 3.63) is 46.9 Å². The number of hydrogen-bond donors (Lipinski definition) is 1. The normalized spacial score (nSPS) is 23.0. The van der Waals surface area contributed by atoms with Crippen LogP contribution in [-0.4, -0.2) is 18.4 Å². The topological polar surface area (TPSA) is 91.8 Å². The Hall–Kier alpha value is -2.50. The number of ketones is 1. The van der Waals surface area contributed by atoms with Crippen molar-refractivity contribution < 1.29 is 23.5 Å². The molecule has 0 fully saturated rings. The van der Waals surface area contributed by atoms with Gasteiger partial charge in [0.25, 0.3) is 0 Å². The van der Waals surface area contributed by atoms with E-state index in [9.17, 15) is 9.59 Å². The van der Waals surface area contributed by atoms with Gasteiger partial charge in [0.05, 0.1) is 18.8 Å². The first-order valence-corrected chi connectivity index (χ1v) is 7.98. The summed E-state index contributed by atoms with van der Waals surface area (Å²) < 4.78 is 16.3. The Morgan fingerprint density at radius 3 is 2.79 bits per heavy atom. The summed E-state index contributed by atoms with van der Waals surface area (Å²) in [5, 5.41) is 0. The van der Waals surface area contributed by atoms with E-state index in [1.165, 1.54) is 6.26 Å². The van der Waals surface area contributed by atoms with Gasteiger partial charge in [-0.25, -0.2) is 4.79 Å². The highest BCUT2D eigenvalue weighted by atomic mass is 16.5. The molecule has 1 aliphatic carbocycles. The number of carbonyl (C=O) groups is 2. The maximum Gasteiger partial charge on any atom is 0.340 e. The second-order valence-electron chi connectivity index (χ2n) is 6.83. The van der Waals surface area contributed by atoms with Gasteiger partial charge in [0.2, 0.25) is 5.88 Å². The molecule has 0 radical (unpaired) electrons. The van der Waals surface area contributed by atoms with Gasteiger partial charge in [-0.3, -0.25) is 4.79 Å². The number of Topliss-reactive ketones (excluding diaryl/α,β-unsaturated/α-hetero) is 1. The van der Waals surface area contributed by atoms with Gasteiger partial charge in [0.1, 0.15) is 17.1 Å². The molecule has 1 aromatic heterocycles. The average Bonchev–Trinajstić information content (AvgIpc) is 2.98. The molecule has 0 saturated carbocycles. The molecule has 0 saturated heterocycles. The predicted octanol–water partition coefficient (Wildman–Crippen LogP) is 2.77. The number of carbonyl (C=O) groups excluding carboxylic acids is 2. The molecule has 128 valence electrons. The van der Waals surface area contributed by atoms with Gasteiger partial charge in [-0.2, -0.15) is 0 Å². The second-order valence-corrected chi connectivity index (χ2v) is 6.83. The number of allylic oxidation sites excluding steroid dienone is 2. The summed E-state index contributed by atoms with van der Waals surface area (Å²) in [6, 6.07) is 3.43. The van der Waals surface area contributed by atoms with E-state index in [1.807, 2.05) is 13.8 Å². The van der Waals surface area contributed by atoms with Crippen molar-refractivity contribution in [2.24, 2.45) is 11.1 Å². The summed E-state index contributed by atoms with van der Waals surface area (Å²) in [7, 11) is 0. The minimum absolute atomic E-state index is 0.0286. The third-order valence-corrected chi connectivity index (χ3v) is 4.28. The van der Waals surface area contributed by atoms with E-state index < -0.39 is 11.9 Å². The van der Waals surface area contributed by atoms with Crippen LogP contribution in [0.5, 0.6) is 0 Å². The molecule has 3 rings (SSSR count). The summed E-state index contributed by atoms with van der Waals surface area (Å²) in [4.78, 5) is 25.2. The minimum Gasteiger partial charge on any atom is -0.468 e. The molecule has 0 unspecified atom stereocenters. The first-order valence-electron chi connectivity index (χ1n) is 7.98. The Balaban J connectivity index is 2.14. The zero-order valence-corrected chi connectivity index (χ0v) is 14.0. The number of hydrogen-bond acceptors (Lipinski definition) is 6. The van der Waals surface area contributed by atoms with Crippen LogP contribution in [0.25, 0.3) is 0 Å². The van der Waals surface area contributed by atoms with Gasteiger partial charge in [-0.1, -0.05) is 13.8 Å². The maximum absolute atomic E-state index is 12.8. The number of rotatable bonds is 3. The average molecular weight is 331 g/mol. The summed E-state index contributed by atoms with van der Waals surface area (Å²) in [5.74, 6) is -0.379. The fourth-order valence-electron chi connectivity index (χ4n) is 3.33. The van der Waals surface area contributed by atoms with Crippen molar-refractivity contribution >= 4 is 11.8 Å². The second kappa shape index (κ2) is 5.85. The molecule has 1 atom stereocenters. The monoisotopic (exact) mass is 331 g/mol. The lowest BCUT2D eigenvalue weighted by atomic mass is 9.71. The molecule has 1 aliphatic heterocycles. The third-order valence-electron chi connectivity index (χ3n) is 4.28. The van der Waals surface area contributed by atoms with E-state index in [4.69, 9.17) is 19.6 Å². The lowest BCUT2D eigenvalue weighted by Crippen LogP contribution is -2.35. The van der Waals surface area contributed by atoms with Crippen molar-refractivity contribution in [1.29, 1.82) is 0 Å². The molecule has 1 aromatic rings. The highest BCUT2D eigenvalue weighted by Gasteiger charge is 2.46. The van der Waals surface area contributed by atoms with Gasteiger partial charge in [-0.05, 0) is 24.5 Å². The highest BCUT2D eigenvalue weighted by Crippen LogP contribution is 2.48. The van der Waals surface area contributed by atoms with Crippen molar-refractivity contribution in [2.45, 2.75) is 39.5 Å². The maximum atomic E-state index is 12.8. The molecule has 24 heavy (non-hydrogen) atoms. The standard InChI is InChI=1S/C18H21NO5/c1-4-22-17(21)15-14(11-6-5-7-23-11)13-10(20)8-18(2,3)9-12(13)24-16(15)19/h5-7,14H,4,8-9,19H2,1-3H3/t14-/m0/s1. The zero-order chi connectivity index (χ0) is 17.5. The molecular formula is C18H21NO5. The minimum atomic E-state index is -0.689. The van der Waals surface area contributed by atoms with Crippen LogP contribution in [0.3, 0.4) is 0 Å². The van der Waals surface area contributed by atoms with Crippen molar-refractivity contribution in [3.8, 4) is 0 Å². The van der Waals surface area contributed by atoms with E-state index in [-0.39, 0.29) is 29.3 Å². The van der Waals surface area contributed by atoms with Crippen LogP contribution < -0.4 is 5.73 Å². The largest absolute Gasteiger partial charge is 0.468 e. The molecule has 0 amide bonds. The number of furan rings is 1. The molecule has 2 heterocycles. The number of nitrogens with two attached hydrogens (primary N) is 1. The van der Waals surface area contributed by atoms with E-state index in [1.54, 1.807) is 19.1 Å². The SMILES string of the molecule is CCOC(=O)C1=C(N)OC2=C(C(=O)CC(C)(C)C2)[C@@H]1c1ccco1. The fourth-order valence-corrected chi connectivity index (χ4v) is 3.33. The molecule has 0 aromatic carbocycles. The van der Waals surface area contributed by atoms with Crippen LogP contribution in [0.4, 0.5) is 0 Å². The van der Waals surface area contributed by atoms with E-state index in [0.717, 1.165) is 0 Å². The fraction of sp³-hybridized carbons (Fsp3) is 0.444. The van der Waals surface area contributed by atoms with Crippen LogP contribution >= 0.6 is 0 Å².